The molecule has 6 nitrogen and oxygen atoms in total. The number of thioether (sulfide) groups is 1. The lowest BCUT2D eigenvalue weighted by atomic mass is 10.1. The van der Waals surface area contributed by atoms with E-state index in [1.54, 1.807) is 4.90 Å². The zero-order valence-corrected chi connectivity index (χ0v) is 18.8. The number of nitrogens with zero attached hydrogens (tertiary/aromatic N) is 4. The van der Waals surface area contributed by atoms with E-state index < -0.39 is 0 Å². The van der Waals surface area contributed by atoms with E-state index in [9.17, 15) is 4.79 Å². The smallest absolute Gasteiger partial charge is 0.237 e. The lowest BCUT2D eigenvalue weighted by Gasteiger charge is -2.22. The summed E-state index contributed by atoms with van der Waals surface area (Å²) in [4.78, 5) is 14.6. The number of carbonyl (C=O) groups excluding carboxylic acids is 1. The summed E-state index contributed by atoms with van der Waals surface area (Å²) in [6.07, 6.45) is 0.284. The van der Waals surface area contributed by atoms with Crippen molar-refractivity contribution >= 4 is 45.5 Å². The molecular formula is C22H23N5OS2. The maximum absolute atomic E-state index is 12.9. The summed E-state index contributed by atoms with van der Waals surface area (Å²) in [5.41, 5.74) is 5.22. The van der Waals surface area contributed by atoms with Crippen LogP contribution < -0.4 is 10.2 Å². The number of nitriles is 1. The molecule has 154 valence electrons. The SMILES string of the molecule is Cc1cccc(Nc2nnc(SCC(=O)N(CCC#N)c3ccc(C)c(C)c3)s2)c1. The van der Waals surface area contributed by atoms with E-state index in [2.05, 4.69) is 21.6 Å². The predicted molar refractivity (Wildman–Crippen MR) is 124 cm³/mol. The Morgan fingerprint density at radius 3 is 2.73 bits per heavy atom. The molecule has 1 heterocycles. The highest BCUT2D eigenvalue weighted by Crippen LogP contribution is 2.29. The number of amides is 1. The number of carbonyl (C=O) groups is 1. The maximum atomic E-state index is 12.9. The molecule has 0 bridgehead atoms. The minimum Gasteiger partial charge on any atom is -0.330 e. The lowest BCUT2D eigenvalue weighted by Crippen LogP contribution is -2.33. The zero-order valence-electron chi connectivity index (χ0n) is 17.2. The van der Waals surface area contributed by atoms with E-state index in [0.29, 0.717) is 11.7 Å². The summed E-state index contributed by atoms with van der Waals surface area (Å²) in [6.45, 7) is 6.46. The average Bonchev–Trinajstić information content (AvgIpc) is 3.16. The summed E-state index contributed by atoms with van der Waals surface area (Å²) in [6, 6.07) is 16.1. The van der Waals surface area contributed by atoms with Gasteiger partial charge in [-0.1, -0.05) is 41.3 Å². The molecule has 30 heavy (non-hydrogen) atoms. The van der Waals surface area contributed by atoms with Gasteiger partial charge in [0, 0.05) is 17.9 Å². The van der Waals surface area contributed by atoms with Crippen molar-refractivity contribution in [3.63, 3.8) is 0 Å². The molecule has 3 rings (SSSR count). The molecule has 1 N–H and O–H groups in total. The first-order valence-corrected chi connectivity index (χ1v) is 11.3. The number of rotatable bonds is 8. The standard InChI is InChI=1S/C22H23N5OS2/c1-15-6-4-7-18(12-15)24-21-25-26-22(30-21)29-14-20(28)27(11-5-10-23)19-9-8-16(2)17(3)13-19/h4,6-9,12-13H,5,11,14H2,1-3H3,(H,24,25). The number of anilines is 3. The molecule has 0 atom stereocenters. The molecule has 0 aliphatic rings. The van der Waals surface area contributed by atoms with Gasteiger partial charge in [-0.15, -0.1) is 10.2 Å². The summed E-state index contributed by atoms with van der Waals surface area (Å²) >= 11 is 2.77. The van der Waals surface area contributed by atoms with Gasteiger partial charge in [-0.05, 0) is 61.7 Å². The quantitative estimate of drug-likeness (QED) is 0.485. The molecular weight excluding hydrogens is 414 g/mol. The minimum absolute atomic E-state index is 0.0538. The Labute approximate surface area is 185 Å². The van der Waals surface area contributed by atoms with Crippen molar-refractivity contribution in [2.24, 2.45) is 0 Å². The van der Waals surface area contributed by atoms with Crippen molar-refractivity contribution in [3.05, 3.63) is 59.2 Å². The summed E-state index contributed by atoms with van der Waals surface area (Å²) < 4.78 is 0.721. The second-order valence-electron chi connectivity index (χ2n) is 6.88. The predicted octanol–water partition coefficient (Wildman–Crippen LogP) is 5.25. The van der Waals surface area contributed by atoms with Gasteiger partial charge in [0.2, 0.25) is 11.0 Å². The van der Waals surface area contributed by atoms with Crippen LogP contribution in [-0.2, 0) is 4.79 Å². The molecule has 8 heteroatoms. The fourth-order valence-electron chi connectivity index (χ4n) is 2.82. The fraction of sp³-hybridized carbons (Fsp3) is 0.273. The van der Waals surface area contributed by atoms with Crippen LogP contribution >= 0.6 is 23.1 Å². The molecule has 3 aromatic rings. The molecule has 0 aliphatic heterocycles. The third-order valence-electron chi connectivity index (χ3n) is 4.55. The molecule has 0 radical (unpaired) electrons. The summed E-state index contributed by atoms with van der Waals surface area (Å²) in [5, 5.41) is 21.2. The number of aromatic nitrogens is 2. The Hall–Kier alpha value is -2.89. The third kappa shape index (κ3) is 5.81. The average molecular weight is 438 g/mol. The van der Waals surface area contributed by atoms with Gasteiger partial charge in [0.15, 0.2) is 4.34 Å². The van der Waals surface area contributed by atoms with Crippen molar-refractivity contribution in [1.29, 1.82) is 5.26 Å². The molecule has 0 spiro atoms. The van der Waals surface area contributed by atoms with Crippen molar-refractivity contribution in [3.8, 4) is 6.07 Å². The monoisotopic (exact) mass is 437 g/mol. The highest BCUT2D eigenvalue weighted by molar-refractivity contribution is 8.01. The zero-order chi connectivity index (χ0) is 21.5. The third-order valence-corrected chi connectivity index (χ3v) is 6.50. The minimum atomic E-state index is -0.0538. The topological polar surface area (TPSA) is 81.9 Å². The molecule has 2 aromatic carbocycles. The highest BCUT2D eigenvalue weighted by atomic mass is 32.2. The van der Waals surface area contributed by atoms with E-state index in [1.165, 1.54) is 28.7 Å². The van der Waals surface area contributed by atoms with Gasteiger partial charge >= 0.3 is 0 Å². The van der Waals surface area contributed by atoms with Gasteiger partial charge in [0.05, 0.1) is 18.2 Å². The van der Waals surface area contributed by atoms with Crippen LogP contribution in [-0.4, -0.2) is 28.4 Å². The van der Waals surface area contributed by atoms with Gasteiger partial charge in [0.25, 0.3) is 0 Å². The summed E-state index contributed by atoms with van der Waals surface area (Å²) in [5.74, 6) is 0.180. The van der Waals surface area contributed by atoms with Crippen LogP contribution in [0.3, 0.4) is 0 Å². The van der Waals surface area contributed by atoms with Crippen molar-refractivity contribution in [1.82, 2.24) is 10.2 Å². The fourth-order valence-corrected chi connectivity index (χ4v) is 4.47. The molecule has 1 aromatic heterocycles. The van der Waals surface area contributed by atoms with Gasteiger partial charge in [-0.25, -0.2) is 0 Å². The summed E-state index contributed by atoms with van der Waals surface area (Å²) in [7, 11) is 0. The molecule has 0 saturated carbocycles. The van der Waals surface area contributed by atoms with Gasteiger partial charge in [-0.2, -0.15) is 5.26 Å². The molecule has 0 saturated heterocycles. The first-order valence-electron chi connectivity index (χ1n) is 9.51. The maximum Gasteiger partial charge on any atom is 0.237 e. The van der Waals surface area contributed by atoms with Crippen LogP contribution in [0.25, 0.3) is 0 Å². The second kappa shape index (κ2) is 10.2. The number of hydrogen-bond donors (Lipinski definition) is 1. The largest absolute Gasteiger partial charge is 0.330 e. The first kappa shape index (κ1) is 21.8. The van der Waals surface area contributed by atoms with E-state index in [-0.39, 0.29) is 18.1 Å². The van der Waals surface area contributed by atoms with Gasteiger partial charge < -0.3 is 10.2 Å². The Bertz CT molecular complexity index is 1070. The molecule has 1 amide bonds. The second-order valence-corrected chi connectivity index (χ2v) is 9.08. The van der Waals surface area contributed by atoms with E-state index in [4.69, 9.17) is 5.26 Å². The number of hydrogen-bond acceptors (Lipinski definition) is 7. The van der Waals surface area contributed by atoms with Crippen LogP contribution in [0.2, 0.25) is 0 Å². The van der Waals surface area contributed by atoms with Crippen LogP contribution in [0.1, 0.15) is 23.1 Å². The number of benzene rings is 2. The van der Waals surface area contributed by atoms with E-state index >= 15 is 0 Å². The molecule has 0 aliphatic carbocycles. The van der Waals surface area contributed by atoms with Crippen LogP contribution in [0.5, 0.6) is 0 Å². The van der Waals surface area contributed by atoms with Crippen molar-refractivity contribution < 1.29 is 4.79 Å². The van der Waals surface area contributed by atoms with E-state index in [1.807, 2.05) is 63.2 Å². The number of nitrogens with one attached hydrogen (secondary N) is 1. The highest BCUT2D eigenvalue weighted by Gasteiger charge is 2.17. The first-order chi connectivity index (χ1) is 14.5. The Balaban J connectivity index is 1.64. The van der Waals surface area contributed by atoms with Crippen LogP contribution in [0.4, 0.5) is 16.5 Å². The lowest BCUT2D eigenvalue weighted by molar-refractivity contribution is -0.116. The van der Waals surface area contributed by atoms with Crippen LogP contribution in [0, 0.1) is 32.1 Å². The normalized spacial score (nSPS) is 10.5. The van der Waals surface area contributed by atoms with E-state index in [0.717, 1.165) is 26.8 Å². The van der Waals surface area contributed by atoms with Crippen LogP contribution in [0.15, 0.2) is 46.8 Å². The van der Waals surface area contributed by atoms with Gasteiger partial charge in [0.1, 0.15) is 0 Å². The van der Waals surface area contributed by atoms with Gasteiger partial charge in [-0.3, -0.25) is 4.79 Å². The Kier molecular flexibility index (Phi) is 7.44. The Morgan fingerprint density at radius 2 is 2.00 bits per heavy atom. The molecule has 0 fully saturated rings. The van der Waals surface area contributed by atoms with Crippen molar-refractivity contribution in [2.75, 3.05) is 22.5 Å². The molecule has 0 unspecified atom stereocenters. The van der Waals surface area contributed by atoms with Crippen molar-refractivity contribution in [2.45, 2.75) is 31.5 Å². The number of aryl methyl sites for hydroxylation is 3. The Morgan fingerprint density at radius 1 is 1.17 bits per heavy atom.